The van der Waals surface area contributed by atoms with E-state index in [1.807, 2.05) is 66.7 Å². The minimum Gasteiger partial charge on any atom is -0.490 e. The molecule has 0 aliphatic heterocycles. The standard InChI is InChI=1S/C27H28O6/c1-20(28)30-16-18-32-25-12-8-23(9-13-25)27(22-6-4-3-5-7-22)24-10-14-26(15-11-24)33-19-17-31-21(2)29/h3-15,27H,16-19H2,1-2H3. The number of esters is 2. The molecule has 0 N–H and O–H groups in total. The van der Waals surface area contributed by atoms with E-state index < -0.39 is 0 Å². The Labute approximate surface area is 194 Å². The Hall–Kier alpha value is -3.80. The molecule has 3 aromatic rings. The summed E-state index contributed by atoms with van der Waals surface area (Å²) in [5.41, 5.74) is 3.42. The number of benzene rings is 3. The first-order chi connectivity index (χ1) is 16.0. The lowest BCUT2D eigenvalue weighted by atomic mass is 9.85. The minimum atomic E-state index is -0.319. The van der Waals surface area contributed by atoms with E-state index in [9.17, 15) is 9.59 Å². The molecule has 0 atom stereocenters. The van der Waals surface area contributed by atoms with Crippen molar-refractivity contribution in [3.05, 3.63) is 95.6 Å². The van der Waals surface area contributed by atoms with Gasteiger partial charge >= 0.3 is 11.9 Å². The lowest BCUT2D eigenvalue weighted by Gasteiger charge is -2.20. The number of hydrogen-bond donors (Lipinski definition) is 0. The van der Waals surface area contributed by atoms with Gasteiger partial charge in [-0.25, -0.2) is 0 Å². The average Bonchev–Trinajstić information content (AvgIpc) is 2.82. The first-order valence-electron chi connectivity index (χ1n) is 10.8. The molecule has 6 nitrogen and oxygen atoms in total. The largest absolute Gasteiger partial charge is 0.490 e. The maximum atomic E-state index is 10.9. The van der Waals surface area contributed by atoms with E-state index in [0.29, 0.717) is 24.7 Å². The molecule has 0 spiro atoms. The summed E-state index contributed by atoms with van der Waals surface area (Å²) in [6, 6.07) is 26.1. The highest BCUT2D eigenvalue weighted by Gasteiger charge is 2.17. The summed E-state index contributed by atoms with van der Waals surface area (Å²) in [6.07, 6.45) is 0. The quantitative estimate of drug-likeness (QED) is 0.240. The molecule has 0 saturated heterocycles. The van der Waals surface area contributed by atoms with Gasteiger partial charge in [0.25, 0.3) is 0 Å². The summed E-state index contributed by atoms with van der Waals surface area (Å²) >= 11 is 0. The average molecular weight is 449 g/mol. The van der Waals surface area contributed by atoms with Crippen LogP contribution in [0.2, 0.25) is 0 Å². The molecule has 33 heavy (non-hydrogen) atoms. The van der Waals surface area contributed by atoms with Crippen molar-refractivity contribution in [3.8, 4) is 11.5 Å². The van der Waals surface area contributed by atoms with Crippen LogP contribution in [0.25, 0.3) is 0 Å². The highest BCUT2D eigenvalue weighted by molar-refractivity contribution is 5.66. The van der Waals surface area contributed by atoms with Crippen LogP contribution in [0, 0.1) is 0 Å². The second-order valence-electron chi connectivity index (χ2n) is 7.36. The summed E-state index contributed by atoms with van der Waals surface area (Å²) in [6.45, 7) is 3.80. The van der Waals surface area contributed by atoms with Crippen LogP contribution in [0.3, 0.4) is 0 Å². The normalized spacial score (nSPS) is 10.5. The molecule has 0 fully saturated rings. The van der Waals surface area contributed by atoms with E-state index in [0.717, 1.165) is 11.1 Å². The van der Waals surface area contributed by atoms with Crippen LogP contribution in [0.1, 0.15) is 36.5 Å². The monoisotopic (exact) mass is 448 g/mol. The molecule has 0 aliphatic rings. The van der Waals surface area contributed by atoms with Gasteiger partial charge in [-0.05, 0) is 41.0 Å². The Balaban J connectivity index is 1.72. The Kier molecular flexibility index (Phi) is 8.88. The van der Waals surface area contributed by atoms with Gasteiger partial charge in [0.05, 0.1) is 0 Å². The zero-order valence-corrected chi connectivity index (χ0v) is 18.9. The third kappa shape index (κ3) is 7.68. The predicted molar refractivity (Wildman–Crippen MR) is 125 cm³/mol. The highest BCUT2D eigenvalue weighted by atomic mass is 16.6. The zero-order chi connectivity index (χ0) is 23.5. The smallest absolute Gasteiger partial charge is 0.302 e. The van der Waals surface area contributed by atoms with Crippen LogP contribution in [0.5, 0.6) is 11.5 Å². The highest BCUT2D eigenvalue weighted by Crippen LogP contribution is 2.33. The van der Waals surface area contributed by atoms with Crippen LogP contribution >= 0.6 is 0 Å². The van der Waals surface area contributed by atoms with Crippen molar-refractivity contribution in [2.24, 2.45) is 0 Å². The van der Waals surface area contributed by atoms with Crippen LogP contribution in [-0.4, -0.2) is 38.4 Å². The van der Waals surface area contributed by atoms with Crippen LogP contribution < -0.4 is 9.47 Å². The zero-order valence-electron chi connectivity index (χ0n) is 18.9. The maximum Gasteiger partial charge on any atom is 0.302 e. The maximum absolute atomic E-state index is 10.9. The SMILES string of the molecule is CC(=O)OCCOc1ccc(C(c2ccccc2)c2ccc(OCCOC(C)=O)cc2)cc1. The fourth-order valence-electron chi connectivity index (χ4n) is 3.43. The first-order valence-corrected chi connectivity index (χ1v) is 10.8. The number of rotatable bonds is 11. The molecular weight excluding hydrogens is 420 g/mol. The van der Waals surface area contributed by atoms with Crippen molar-refractivity contribution in [2.45, 2.75) is 19.8 Å². The summed E-state index contributed by atoms with van der Waals surface area (Å²) < 4.78 is 21.1. The molecule has 0 bridgehead atoms. The Bertz CT molecular complexity index is 947. The van der Waals surface area contributed by atoms with Gasteiger partial charge in [-0.2, -0.15) is 0 Å². The van der Waals surface area contributed by atoms with E-state index in [2.05, 4.69) is 12.1 Å². The third-order valence-corrected chi connectivity index (χ3v) is 4.87. The number of carbonyl (C=O) groups excluding carboxylic acids is 2. The Morgan fingerprint density at radius 2 is 0.970 bits per heavy atom. The molecule has 0 amide bonds. The second-order valence-corrected chi connectivity index (χ2v) is 7.36. The van der Waals surface area contributed by atoms with Gasteiger partial charge in [0, 0.05) is 19.8 Å². The fourth-order valence-corrected chi connectivity index (χ4v) is 3.43. The van der Waals surface area contributed by atoms with Crippen LogP contribution in [0.15, 0.2) is 78.9 Å². The summed E-state index contributed by atoms with van der Waals surface area (Å²) in [7, 11) is 0. The van der Waals surface area contributed by atoms with E-state index in [4.69, 9.17) is 18.9 Å². The van der Waals surface area contributed by atoms with Crippen molar-refractivity contribution >= 4 is 11.9 Å². The van der Waals surface area contributed by atoms with Crippen molar-refractivity contribution < 1.29 is 28.5 Å². The number of ether oxygens (including phenoxy) is 4. The van der Waals surface area contributed by atoms with Gasteiger partial charge in [0.1, 0.15) is 37.9 Å². The van der Waals surface area contributed by atoms with E-state index in [1.54, 1.807) is 0 Å². The summed E-state index contributed by atoms with van der Waals surface area (Å²) in [4.78, 5) is 21.7. The molecule has 0 radical (unpaired) electrons. The molecule has 3 rings (SSSR count). The third-order valence-electron chi connectivity index (χ3n) is 4.87. The second kappa shape index (κ2) is 12.3. The Morgan fingerprint density at radius 3 is 1.36 bits per heavy atom. The van der Waals surface area contributed by atoms with Gasteiger partial charge in [-0.1, -0.05) is 54.6 Å². The van der Waals surface area contributed by atoms with Crippen molar-refractivity contribution in [2.75, 3.05) is 26.4 Å². The van der Waals surface area contributed by atoms with Crippen molar-refractivity contribution in [1.29, 1.82) is 0 Å². The molecule has 0 aliphatic carbocycles. The van der Waals surface area contributed by atoms with Crippen LogP contribution in [0.4, 0.5) is 0 Å². The van der Waals surface area contributed by atoms with Gasteiger partial charge in [0.2, 0.25) is 0 Å². The van der Waals surface area contributed by atoms with Crippen LogP contribution in [-0.2, 0) is 19.1 Å². The topological polar surface area (TPSA) is 71.1 Å². The molecular formula is C27H28O6. The van der Waals surface area contributed by atoms with Gasteiger partial charge < -0.3 is 18.9 Å². The lowest BCUT2D eigenvalue weighted by Crippen LogP contribution is -2.10. The Morgan fingerprint density at radius 1 is 0.576 bits per heavy atom. The molecule has 3 aromatic carbocycles. The lowest BCUT2D eigenvalue weighted by molar-refractivity contribution is -0.142. The van der Waals surface area contributed by atoms with E-state index >= 15 is 0 Å². The molecule has 0 saturated carbocycles. The van der Waals surface area contributed by atoms with E-state index in [-0.39, 0.29) is 31.1 Å². The first kappa shape index (κ1) is 23.9. The predicted octanol–water partition coefficient (Wildman–Crippen LogP) is 4.75. The minimum absolute atomic E-state index is 0.0383. The molecule has 0 unspecified atom stereocenters. The molecule has 0 aromatic heterocycles. The van der Waals surface area contributed by atoms with E-state index in [1.165, 1.54) is 19.4 Å². The molecule has 6 heteroatoms. The van der Waals surface area contributed by atoms with Crippen molar-refractivity contribution in [3.63, 3.8) is 0 Å². The molecule has 0 heterocycles. The summed E-state index contributed by atoms with van der Waals surface area (Å²) in [5.74, 6) is 0.834. The fraction of sp³-hybridized carbons (Fsp3) is 0.259. The number of carbonyl (C=O) groups is 2. The van der Waals surface area contributed by atoms with Gasteiger partial charge in [0.15, 0.2) is 0 Å². The van der Waals surface area contributed by atoms with Gasteiger partial charge in [-0.3, -0.25) is 9.59 Å². The summed E-state index contributed by atoms with van der Waals surface area (Å²) in [5, 5.41) is 0. The van der Waals surface area contributed by atoms with Gasteiger partial charge in [-0.15, -0.1) is 0 Å². The number of hydrogen-bond acceptors (Lipinski definition) is 6. The van der Waals surface area contributed by atoms with Crippen molar-refractivity contribution in [1.82, 2.24) is 0 Å². The molecule has 172 valence electrons.